The molecule has 2 rings (SSSR count). The van der Waals surface area contributed by atoms with Crippen molar-refractivity contribution in [3.8, 4) is 0 Å². The van der Waals surface area contributed by atoms with Crippen molar-refractivity contribution in [3.05, 3.63) is 0 Å². The van der Waals surface area contributed by atoms with Crippen molar-refractivity contribution >= 4 is 23.5 Å². The highest BCUT2D eigenvalue weighted by atomic mass is 32.2. The molecule has 2 aliphatic rings. The molecule has 14 heavy (non-hydrogen) atoms. The van der Waals surface area contributed by atoms with Gasteiger partial charge < -0.3 is 0 Å². The second-order valence-corrected chi connectivity index (χ2v) is 7.79. The smallest absolute Gasteiger partial charge is 0.0641 e. The van der Waals surface area contributed by atoms with Crippen molar-refractivity contribution in [1.82, 2.24) is 0 Å². The lowest BCUT2D eigenvalue weighted by molar-refractivity contribution is 0.469. The van der Waals surface area contributed by atoms with E-state index in [1.54, 1.807) is 0 Å². The van der Waals surface area contributed by atoms with Gasteiger partial charge in [-0.2, -0.15) is 0 Å². The Kier molecular flexibility index (Phi) is 3.75. The second-order valence-electron chi connectivity index (χ2n) is 4.68. The van der Waals surface area contributed by atoms with Crippen molar-refractivity contribution in [2.45, 2.75) is 50.0 Å². The molecule has 0 radical (unpaired) electrons. The van der Waals surface area contributed by atoms with Crippen LogP contribution in [0.1, 0.15) is 46.0 Å². The van der Waals surface area contributed by atoms with Crippen LogP contribution in [0, 0.1) is 11.8 Å². The molecule has 0 aromatic rings. The van der Waals surface area contributed by atoms with Crippen molar-refractivity contribution in [2.75, 3.05) is 11.5 Å². The van der Waals surface area contributed by atoms with Crippen molar-refractivity contribution in [1.29, 1.82) is 0 Å². The molecule has 2 fully saturated rings. The maximum atomic E-state index is 2.39. The monoisotopic (exact) mass is 230 g/mol. The third-order valence-corrected chi connectivity index (χ3v) is 7.53. The van der Waals surface area contributed by atoms with Crippen molar-refractivity contribution in [2.24, 2.45) is 11.8 Å². The zero-order valence-corrected chi connectivity index (χ0v) is 11.1. The van der Waals surface area contributed by atoms with E-state index in [0.29, 0.717) is 4.08 Å². The van der Waals surface area contributed by atoms with Crippen LogP contribution in [0.25, 0.3) is 0 Å². The van der Waals surface area contributed by atoms with Crippen molar-refractivity contribution < 1.29 is 0 Å². The highest BCUT2D eigenvalue weighted by Crippen LogP contribution is 2.59. The Hall–Kier alpha value is 0.700. The fraction of sp³-hybridized carbons (Fsp3) is 1.00. The van der Waals surface area contributed by atoms with E-state index in [0.717, 1.165) is 11.8 Å². The first-order valence-electron chi connectivity index (χ1n) is 6.08. The van der Waals surface area contributed by atoms with Crippen LogP contribution in [-0.2, 0) is 0 Å². The van der Waals surface area contributed by atoms with Crippen LogP contribution in [0.15, 0.2) is 0 Å². The van der Waals surface area contributed by atoms with Gasteiger partial charge in [-0.15, -0.1) is 23.5 Å². The van der Waals surface area contributed by atoms with Gasteiger partial charge >= 0.3 is 0 Å². The van der Waals surface area contributed by atoms with E-state index in [1.807, 2.05) is 0 Å². The summed E-state index contributed by atoms with van der Waals surface area (Å²) >= 11 is 4.58. The molecule has 0 amide bonds. The summed E-state index contributed by atoms with van der Waals surface area (Å²) in [5, 5.41) is 0. The third kappa shape index (κ3) is 1.97. The van der Waals surface area contributed by atoms with Crippen LogP contribution >= 0.6 is 23.5 Å². The van der Waals surface area contributed by atoms with Crippen LogP contribution in [0.2, 0.25) is 0 Å². The normalized spacial score (nSPS) is 36.4. The first-order valence-corrected chi connectivity index (χ1v) is 8.05. The van der Waals surface area contributed by atoms with E-state index in [2.05, 4.69) is 37.4 Å². The Morgan fingerprint density at radius 2 is 1.86 bits per heavy atom. The quantitative estimate of drug-likeness (QED) is 0.689. The van der Waals surface area contributed by atoms with Gasteiger partial charge in [0.1, 0.15) is 0 Å². The highest BCUT2D eigenvalue weighted by Gasteiger charge is 2.47. The largest absolute Gasteiger partial charge is 0.144 e. The maximum Gasteiger partial charge on any atom is 0.0641 e. The minimum Gasteiger partial charge on any atom is -0.144 e. The summed E-state index contributed by atoms with van der Waals surface area (Å²) in [6.07, 6.45) is 7.24. The van der Waals surface area contributed by atoms with Crippen LogP contribution < -0.4 is 0 Å². The molecule has 1 saturated carbocycles. The average molecular weight is 230 g/mol. The number of thioether (sulfide) groups is 2. The van der Waals surface area contributed by atoms with E-state index in [9.17, 15) is 0 Å². The van der Waals surface area contributed by atoms with E-state index in [-0.39, 0.29) is 0 Å². The molecule has 0 N–H and O–H groups in total. The van der Waals surface area contributed by atoms with Gasteiger partial charge in [-0.3, -0.25) is 0 Å². The SMILES string of the molecule is CCC1CC(CC)C2(C1)SCCCS2. The van der Waals surface area contributed by atoms with Crippen LogP contribution in [-0.4, -0.2) is 15.6 Å². The Labute approximate surface area is 97.0 Å². The van der Waals surface area contributed by atoms with Gasteiger partial charge in [0.15, 0.2) is 0 Å². The van der Waals surface area contributed by atoms with Crippen LogP contribution in [0.3, 0.4) is 0 Å². The van der Waals surface area contributed by atoms with E-state index < -0.39 is 0 Å². The van der Waals surface area contributed by atoms with Gasteiger partial charge in [0, 0.05) is 0 Å². The number of hydrogen-bond donors (Lipinski definition) is 0. The fourth-order valence-electron chi connectivity index (χ4n) is 2.97. The molecule has 2 heteroatoms. The van der Waals surface area contributed by atoms with E-state index >= 15 is 0 Å². The van der Waals surface area contributed by atoms with Gasteiger partial charge in [-0.25, -0.2) is 0 Å². The topological polar surface area (TPSA) is 0 Å². The van der Waals surface area contributed by atoms with Gasteiger partial charge in [-0.05, 0) is 42.6 Å². The predicted octanol–water partition coefficient (Wildman–Crippen LogP) is 4.40. The Bertz CT molecular complexity index is 185. The molecule has 82 valence electrons. The molecular weight excluding hydrogens is 208 g/mol. The molecule has 1 spiro atoms. The molecule has 1 aliphatic carbocycles. The summed E-state index contributed by atoms with van der Waals surface area (Å²) in [5.41, 5.74) is 0. The lowest BCUT2D eigenvalue weighted by atomic mass is 10.0. The average Bonchev–Trinajstić information content (AvgIpc) is 2.57. The summed E-state index contributed by atoms with van der Waals surface area (Å²) in [5.74, 6) is 4.86. The van der Waals surface area contributed by atoms with E-state index in [1.165, 1.54) is 43.6 Å². The van der Waals surface area contributed by atoms with Crippen LogP contribution in [0.4, 0.5) is 0 Å². The lowest BCUT2D eigenvalue weighted by Crippen LogP contribution is -2.29. The Morgan fingerprint density at radius 1 is 1.14 bits per heavy atom. The predicted molar refractivity (Wildman–Crippen MR) is 69.1 cm³/mol. The zero-order valence-electron chi connectivity index (χ0n) is 9.42. The third-order valence-electron chi connectivity index (χ3n) is 3.86. The minimum absolute atomic E-state index is 0.647. The molecule has 0 nitrogen and oxygen atoms in total. The minimum atomic E-state index is 0.647. The first kappa shape index (κ1) is 11.2. The summed E-state index contributed by atoms with van der Waals surface area (Å²) < 4.78 is 0.647. The molecule has 0 bridgehead atoms. The molecular formula is C12H22S2. The second kappa shape index (κ2) is 4.69. The lowest BCUT2D eigenvalue weighted by Gasteiger charge is -2.37. The Morgan fingerprint density at radius 3 is 2.43 bits per heavy atom. The molecule has 2 atom stereocenters. The van der Waals surface area contributed by atoms with Gasteiger partial charge in [0.2, 0.25) is 0 Å². The molecule has 2 unspecified atom stereocenters. The molecule has 0 aromatic heterocycles. The molecule has 1 saturated heterocycles. The van der Waals surface area contributed by atoms with Gasteiger partial charge in [-0.1, -0.05) is 26.7 Å². The number of rotatable bonds is 2. The van der Waals surface area contributed by atoms with Crippen LogP contribution in [0.5, 0.6) is 0 Å². The molecule has 1 heterocycles. The summed E-state index contributed by atoms with van der Waals surface area (Å²) in [4.78, 5) is 0. The fourth-order valence-corrected chi connectivity index (χ4v) is 6.96. The van der Waals surface area contributed by atoms with Gasteiger partial charge in [0.25, 0.3) is 0 Å². The van der Waals surface area contributed by atoms with Gasteiger partial charge in [0.05, 0.1) is 4.08 Å². The first-order chi connectivity index (χ1) is 6.80. The molecule has 1 aliphatic heterocycles. The van der Waals surface area contributed by atoms with Crippen molar-refractivity contribution in [3.63, 3.8) is 0 Å². The Balaban J connectivity index is 2.07. The van der Waals surface area contributed by atoms with E-state index in [4.69, 9.17) is 0 Å². The summed E-state index contributed by atoms with van der Waals surface area (Å²) in [6.45, 7) is 4.76. The maximum absolute atomic E-state index is 2.39. The highest BCUT2D eigenvalue weighted by molar-refractivity contribution is 8.18. The molecule has 0 aromatic carbocycles. The summed E-state index contributed by atoms with van der Waals surface area (Å²) in [6, 6.07) is 0. The zero-order chi connectivity index (χ0) is 10.0. The standard InChI is InChI=1S/C12H22S2/c1-3-10-8-11(4-2)12(9-10)13-6-5-7-14-12/h10-11H,3-9H2,1-2H3. The number of hydrogen-bond acceptors (Lipinski definition) is 2. The summed E-state index contributed by atoms with van der Waals surface area (Å²) in [7, 11) is 0.